The number of rotatable bonds is 9. The van der Waals surface area contributed by atoms with Crippen molar-refractivity contribution in [1.82, 2.24) is 29.8 Å². The van der Waals surface area contributed by atoms with Crippen LogP contribution in [0.25, 0.3) is 11.3 Å². The van der Waals surface area contributed by atoms with Crippen molar-refractivity contribution in [2.24, 2.45) is 5.41 Å². The van der Waals surface area contributed by atoms with E-state index >= 15 is 0 Å². The van der Waals surface area contributed by atoms with Crippen molar-refractivity contribution in [2.75, 3.05) is 65.5 Å². The largest absolute Gasteiger partial charge is 0.475 e. The van der Waals surface area contributed by atoms with E-state index in [1.54, 1.807) is 0 Å². The molecule has 5 rings (SSSR count). The van der Waals surface area contributed by atoms with E-state index in [1.807, 2.05) is 23.6 Å². The Balaban J connectivity index is 1.32. The van der Waals surface area contributed by atoms with Gasteiger partial charge in [-0.1, -0.05) is 17.2 Å². The number of nitrogens with one attached hydrogen (secondary N) is 1. The maximum atomic E-state index is 13.2. The zero-order chi connectivity index (χ0) is 29.1. The summed E-state index contributed by atoms with van der Waals surface area (Å²) in [6.07, 6.45) is 4.39. The van der Waals surface area contributed by atoms with Crippen LogP contribution < -0.4 is 4.74 Å². The first-order valence-electron chi connectivity index (χ1n) is 15.5. The summed E-state index contributed by atoms with van der Waals surface area (Å²) >= 11 is 0. The third kappa shape index (κ3) is 6.78. The van der Waals surface area contributed by atoms with Crippen LogP contribution in [-0.2, 0) is 9.59 Å². The Morgan fingerprint density at radius 3 is 2.10 bits per heavy atom. The molecule has 4 heterocycles. The molecule has 3 aliphatic rings. The van der Waals surface area contributed by atoms with Crippen LogP contribution >= 0.6 is 0 Å². The molecule has 1 aromatic carbocycles. The molecule has 9 nitrogen and oxygen atoms in total. The number of hydrogen-bond donors (Lipinski definition) is 1. The van der Waals surface area contributed by atoms with Crippen molar-refractivity contribution in [3.8, 4) is 17.1 Å². The molecular weight excluding hydrogens is 516 g/mol. The highest BCUT2D eigenvalue weighted by Crippen LogP contribution is 2.38. The molecule has 1 unspecified atom stereocenters. The minimum atomic E-state index is -0.641. The van der Waals surface area contributed by atoms with Crippen LogP contribution in [0, 0.1) is 19.3 Å². The number of aromatic nitrogens is 2. The number of amides is 2. The molecule has 0 bridgehead atoms. The maximum Gasteiger partial charge on any atom is 0.238 e. The molecular formula is C32H48N6O3. The summed E-state index contributed by atoms with van der Waals surface area (Å²) in [4.78, 5) is 34.7. The Morgan fingerprint density at radius 1 is 0.902 bits per heavy atom. The molecule has 41 heavy (non-hydrogen) atoms. The number of benzene rings is 1. The molecule has 0 aliphatic carbocycles. The Labute approximate surface area is 245 Å². The summed E-state index contributed by atoms with van der Waals surface area (Å²) in [5, 5.41) is 7.96. The van der Waals surface area contributed by atoms with Gasteiger partial charge in [0, 0.05) is 64.0 Å². The van der Waals surface area contributed by atoms with Gasteiger partial charge in [0.05, 0.1) is 23.2 Å². The van der Waals surface area contributed by atoms with Crippen molar-refractivity contribution in [2.45, 2.75) is 66.3 Å². The molecule has 3 aliphatic heterocycles. The van der Waals surface area contributed by atoms with Gasteiger partial charge in [0.1, 0.15) is 6.61 Å². The van der Waals surface area contributed by atoms with E-state index in [2.05, 4.69) is 59.0 Å². The summed E-state index contributed by atoms with van der Waals surface area (Å²) in [7, 11) is 0. The van der Waals surface area contributed by atoms with Crippen molar-refractivity contribution >= 4 is 11.8 Å². The van der Waals surface area contributed by atoms with Gasteiger partial charge >= 0.3 is 0 Å². The third-order valence-corrected chi connectivity index (χ3v) is 9.01. The van der Waals surface area contributed by atoms with Crippen molar-refractivity contribution < 1.29 is 14.3 Å². The highest BCUT2D eigenvalue weighted by atomic mass is 16.5. The Hall–Kier alpha value is -2.91. The average molecular weight is 565 g/mol. The predicted molar refractivity (Wildman–Crippen MR) is 161 cm³/mol. The van der Waals surface area contributed by atoms with Gasteiger partial charge in [-0.3, -0.25) is 24.5 Å². The van der Waals surface area contributed by atoms with Crippen molar-refractivity contribution in [1.29, 1.82) is 0 Å². The molecule has 0 spiro atoms. The molecule has 2 aromatic rings. The minimum Gasteiger partial charge on any atom is -0.475 e. The fourth-order valence-electron chi connectivity index (χ4n) is 6.58. The molecule has 1 N–H and O–H groups in total. The van der Waals surface area contributed by atoms with Crippen LogP contribution in [0.1, 0.15) is 69.2 Å². The van der Waals surface area contributed by atoms with Gasteiger partial charge in [-0.25, -0.2) is 0 Å². The molecule has 3 saturated heterocycles. The minimum absolute atomic E-state index is 0.0494. The van der Waals surface area contributed by atoms with Gasteiger partial charge < -0.3 is 14.5 Å². The first-order chi connectivity index (χ1) is 19.6. The second kappa shape index (κ2) is 12.5. The lowest BCUT2D eigenvalue weighted by molar-refractivity contribution is -0.140. The van der Waals surface area contributed by atoms with Gasteiger partial charge in [-0.2, -0.15) is 0 Å². The van der Waals surface area contributed by atoms with Gasteiger partial charge in [-0.05, 0) is 72.4 Å². The smallest absolute Gasteiger partial charge is 0.238 e. The molecule has 3 fully saturated rings. The molecule has 1 aromatic heterocycles. The summed E-state index contributed by atoms with van der Waals surface area (Å²) in [5.74, 6) is 0.979. The predicted octanol–water partition coefficient (Wildman–Crippen LogP) is 4.02. The van der Waals surface area contributed by atoms with E-state index in [4.69, 9.17) is 4.74 Å². The normalized spacial score (nSPS) is 19.6. The van der Waals surface area contributed by atoms with E-state index in [9.17, 15) is 9.59 Å². The highest BCUT2D eigenvalue weighted by Gasteiger charge is 2.36. The molecule has 9 heteroatoms. The first-order valence-corrected chi connectivity index (χ1v) is 15.5. The van der Waals surface area contributed by atoms with E-state index in [0.29, 0.717) is 12.4 Å². The number of hydrogen-bond acceptors (Lipinski definition) is 6. The summed E-state index contributed by atoms with van der Waals surface area (Å²) in [6, 6.07) is 6.59. The molecule has 0 saturated carbocycles. The van der Waals surface area contributed by atoms with Crippen LogP contribution in [0.3, 0.4) is 0 Å². The number of aromatic amines is 1. The average Bonchev–Trinajstić information content (AvgIpc) is 3.73. The fraction of sp³-hybridized carbons (Fsp3) is 0.656. The SMILES string of the molecule is Cc1cc(C)cc(-c2[nH]nc(OCC(C)(C)C(=O)N3CCCC3)c2C(C)N2CCN(CC(=O)N3CCCC3)CC2)c1. The fourth-order valence-corrected chi connectivity index (χ4v) is 6.58. The lowest BCUT2D eigenvalue weighted by atomic mass is 9.92. The number of likely N-dealkylation sites (tertiary alicyclic amines) is 2. The topological polar surface area (TPSA) is 85.0 Å². The van der Waals surface area contributed by atoms with Crippen LogP contribution in [0.4, 0.5) is 0 Å². The molecule has 0 radical (unpaired) electrons. The van der Waals surface area contributed by atoms with E-state index in [-0.39, 0.29) is 24.5 Å². The Morgan fingerprint density at radius 2 is 1.49 bits per heavy atom. The van der Waals surface area contributed by atoms with Crippen LogP contribution in [0.5, 0.6) is 5.88 Å². The van der Waals surface area contributed by atoms with Crippen LogP contribution in [-0.4, -0.2) is 107 Å². The second-order valence-corrected chi connectivity index (χ2v) is 12.9. The molecule has 224 valence electrons. The van der Waals surface area contributed by atoms with Crippen molar-refractivity contribution in [3.05, 3.63) is 34.9 Å². The Kier molecular flexibility index (Phi) is 9.04. The number of H-pyrrole nitrogens is 1. The molecule has 2 amide bonds. The van der Waals surface area contributed by atoms with Crippen molar-refractivity contribution in [3.63, 3.8) is 0 Å². The van der Waals surface area contributed by atoms with Gasteiger partial charge in [0.15, 0.2) is 0 Å². The Bertz CT molecular complexity index is 1200. The zero-order valence-electron chi connectivity index (χ0n) is 25.7. The number of piperazine rings is 1. The van der Waals surface area contributed by atoms with Crippen LogP contribution in [0.15, 0.2) is 18.2 Å². The summed E-state index contributed by atoms with van der Waals surface area (Å²) in [6.45, 7) is 18.1. The van der Waals surface area contributed by atoms with Crippen LogP contribution in [0.2, 0.25) is 0 Å². The van der Waals surface area contributed by atoms with E-state index < -0.39 is 5.41 Å². The summed E-state index contributed by atoms with van der Waals surface area (Å²) in [5.41, 5.74) is 4.84. The lowest BCUT2D eigenvalue weighted by Crippen LogP contribution is -2.50. The second-order valence-electron chi connectivity index (χ2n) is 12.9. The number of carbonyl (C=O) groups is 2. The van der Waals surface area contributed by atoms with Gasteiger partial charge in [0.2, 0.25) is 17.7 Å². The quantitative estimate of drug-likeness (QED) is 0.495. The number of ether oxygens (including phenoxy) is 1. The number of carbonyl (C=O) groups excluding carboxylic acids is 2. The zero-order valence-corrected chi connectivity index (χ0v) is 25.7. The monoisotopic (exact) mass is 564 g/mol. The van der Waals surface area contributed by atoms with Gasteiger partial charge in [-0.15, -0.1) is 5.10 Å². The first kappa shape index (κ1) is 29.6. The number of aryl methyl sites for hydroxylation is 2. The molecule has 1 atom stereocenters. The van der Waals surface area contributed by atoms with E-state index in [0.717, 1.165) is 94.9 Å². The standard InChI is InChI=1S/C32H48N6O3/c1-23-18-24(2)20-26(19-23)29-28(30(34-33-29)41-22-32(4,5)31(40)38-12-8-9-13-38)25(3)36-16-14-35(15-17-36)21-27(39)37-10-6-7-11-37/h18-20,25H,6-17,21-22H2,1-5H3,(H,33,34). The lowest BCUT2D eigenvalue weighted by Gasteiger charge is -2.38. The maximum absolute atomic E-state index is 13.2. The van der Waals surface area contributed by atoms with E-state index in [1.165, 1.54) is 11.1 Å². The summed E-state index contributed by atoms with van der Waals surface area (Å²) < 4.78 is 6.41. The highest BCUT2D eigenvalue weighted by molar-refractivity contribution is 5.82. The number of nitrogens with zero attached hydrogens (tertiary/aromatic N) is 5. The van der Waals surface area contributed by atoms with Gasteiger partial charge in [0.25, 0.3) is 0 Å². The third-order valence-electron chi connectivity index (χ3n) is 9.01.